The van der Waals surface area contributed by atoms with Gasteiger partial charge in [-0.25, -0.2) is 0 Å². The number of rotatable bonds is 5. The Bertz CT molecular complexity index is 445. The lowest BCUT2D eigenvalue weighted by Gasteiger charge is -2.27. The maximum absolute atomic E-state index is 3.72. The second-order valence-corrected chi connectivity index (χ2v) is 7.13. The lowest BCUT2D eigenvalue weighted by atomic mass is 9.79. The number of benzene rings is 1. The number of hydrogen-bond donors (Lipinski definition) is 1. The topological polar surface area (TPSA) is 12.0 Å². The van der Waals surface area contributed by atoms with Crippen molar-refractivity contribution in [3.63, 3.8) is 0 Å². The van der Waals surface area contributed by atoms with E-state index in [1.165, 1.54) is 31.2 Å². The van der Waals surface area contributed by atoms with Gasteiger partial charge >= 0.3 is 0 Å². The summed E-state index contributed by atoms with van der Waals surface area (Å²) in [6.07, 6.45) is 5.56. The first kappa shape index (κ1) is 13.2. The zero-order chi connectivity index (χ0) is 13.5. The highest BCUT2D eigenvalue weighted by Crippen LogP contribution is 2.57. The second-order valence-electron chi connectivity index (χ2n) is 7.13. The first-order valence-corrected chi connectivity index (χ1v) is 7.95. The minimum Gasteiger partial charge on any atom is -0.310 e. The van der Waals surface area contributed by atoms with E-state index in [2.05, 4.69) is 50.4 Å². The summed E-state index contributed by atoms with van der Waals surface area (Å²) in [5.74, 6) is 1.65. The highest BCUT2D eigenvalue weighted by molar-refractivity contribution is 5.31. The third-order valence-electron chi connectivity index (χ3n) is 5.26. The van der Waals surface area contributed by atoms with E-state index in [-0.39, 0.29) is 0 Å². The minimum atomic E-state index is 0.527. The van der Waals surface area contributed by atoms with Crippen molar-refractivity contribution < 1.29 is 0 Å². The van der Waals surface area contributed by atoms with Crippen molar-refractivity contribution >= 4 is 0 Å². The Kier molecular flexibility index (Phi) is 3.42. The van der Waals surface area contributed by atoms with Gasteiger partial charge in [0.2, 0.25) is 0 Å². The van der Waals surface area contributed by atoms with Crippen LogP contribution in [0.4, 0.5) is 0 Å². The molecular weight excluding hydrogens is 230 g/mol. The summed E-state index contributed by atoms with van der Waals surface area (Å²) in [6.45, 7) is 8.08. The molecule has 2 aliphatic rings. The van der Waals surface area contributed by atoms with Gasteiger partial charge in [-0.1, -0.05) is 51.5 Å². The molecule has 0 radical (unpaired) electrons. The molecule has 0 aliphatic heterocycles. The zero-order valence-corrected chi connectivity index (χ0v) is 12.6. The van der Waals surface area contributed by atoms with E-state index in [1.54, 1.807) is 5.56 Å². The van der Waals surface area contributed by atoms with Crippen LogP contribution in [0, 0.1) is 11.3 Å². The third kappa shape index (κ3) is 2.58. The molecule has 1 aromatic rings. The van der Waals surface area contributed by atoms with Gasteiger partial charge in [0.25, 0.3) is 0 Å². The summed E-state index contributed by atoms with van der Waals surface area (Å²) in [5.41, 5.74) is 3.62. The molecule has 0 aromatic heterocycles. The van der Waals surface area contributed by atoms with Crippen LogP contribution in [0.2, 0.25) is 0 Å². The van der Waals surface area contributed by atoms with Gasteiger partial charge in [0.1, 0.15) is 0 Å². The summed E-state index contributed by atoms with van der Waals surface area (Å²) in [7, 11) is 0. The molecule has 2 atom stereocenters. The Morgan fingerprint density at radius 2 is 2.05 bits per heavy atom. The molecule has 1 N–H and O–H groups in total. The molecule has 104 valence electrons. The van der Waals surface area contributed by atoms with Crippen LogP contribution in [0.5, 0.6) is 0 Å². The Morgan fingerprint density at radius 3 is 2.58 bits per heavy atom. The SMILES string of the molecule is CCNC(c1cccc(C2CCC2)c1)C1CC1(C)C. The Morgan fingerprint density at radius 1 is 1.32 bits per heavy atom. The van der Waals surface area contributed by atoms with Crippen LogP contribution in [0.3, 0.4) is 0 Å². The van der Waals surface area contributed by atoms with Crippen LogP contribution < -0.4 is 5.32 Å². The van der Waals surface area contributed by atoms with E-state index in [0.29, 0.717) is 11.5 Å². The predicted molar refractivity (Wildman–Crippen MR) is 81.3 cm³/mol. The van der Waals surface area contributed by atoms with E-state index in [1.807, 2.05) is 0 Å². The maximum Gasteiger partial charge on any atom is 0.0353 e. The molecule has 0 saturated heterocycles. The largest absolute Gasteiger partial charge is 0.310 e. The fourth-order valence-electron chi connectivity index (χ4n) is 3.54. The van der Waals surface area contributed by atoms with Crippen LogP contribution in [-0.2, 0) is 0 Å². The minimum absolute atomic E-state index is 0.527. The smallest absolute Gasteiger partial charge is 0.0353 e. The molecule has 2 aliphatic carbocycles. The first-order chi connectivity index (χ1) is 9.12. The van der Waals surface area contributed by atoms with Crippen molar-refractivity contribution in [3.05, 3.63) is 35.4 Å². The van der Waals surface area contributed by atoms with E-state index in [9.17, 15) is 0 Å². The lowest BCUT2D eigenvalue weighted by Crippen LogP contribution is -2.24. The highest BCUT2D eigenvalue weighted by Gasteiger charge is 2.50. The first-order valence-electron chi connectivity index (χ1n) is 7.95. The van der Waals surface area contributed by atoms with Gasteiger partial charge in [-0.2, -0.15) is 0 Å². The zero-order valence-electron chi connectivity index (χ0n) is 12.6. The van der Waals surface area contributed by atoms with Crippen molar-refractivity contribution in [2.24, 2.45) is 11.3 Å². The third-order valence-corrected chi connectivity index (χ3v) is 5.26. The normalized spacial score (nSPS) is 26.8. The summed E-state index contributed by atoms with van der Waals surface area (Å²) in [4.78, 5) is 0. The van der Waals surface area contributed by atoms with Gasteiger partial charge in [-0.05, 0) is 54.2 Å². The average molecular weight is 257 g/mol. The standard InChI is InChI=1S/C18H27N/c1-4-19-17(16-12-18(16,2)3)15-10-6-9-14(11-15)13-7-5-8-13/h6,9-11,13,16-17,19H,4-5,7-8,12H2,1-3H3. The number of nitrogens with one attached hydrogen (secondary N) is 1. The van der Waals surface area contributed by atoms with Crippen molar-refractivity contribution in [3.8, 4) is 0 Å². The van der Waals surface area contributed by atoms with Crippen molar-refractivity contribution in [2.75, 3.05) is 6.54 Å². The monoisotopic (exact) mass is 257 g/mol. The molecule has 2 fully saturated rings. The molecule has 2 unspecified atom stereocenters. The number of hydrogen-bond acceptors (Lipinski definition) is 1. The molecule has 1 aromatic carbocycles. The van der Waals surface area contributed by atoms with Crippen LogP contribution in [0.25, 0.3) is 0 Å². The van der Waals surface area contributed by atoms with Crippen LogP contribution in [-0.4, -0.2) is 6.54 Å². The molecule has 2 saturated carbocycles. The fraction of sp³-hybridized carbons (Fsp3) is 0.667. The quantitative estimate of drug-likeness (QED) is 0.809. The molecule has 0 spiro atoms. The van der Waals surface area contributed by atoms with Crippen molar-refractivity contribution in [1.82, 2.24) is 5.32 Å². The van der Waals surface area contributed by atoms with Crippen molar-refractivity contribution in [2.45, 2.75) is 58.4 Å². The summed E-state index contributed by atoms with van der Waals surface area (Å²) in [5, 5.41) is 3.72. The van der Waals surface area contributed by atoms with E-state index >= 15 is 0 Å². The summed E-state index contributed by atoms with van der Waals surface area (Å²) >= 11 is 0. The molecule has 0 bridgehead atoms. The molecule has 0 heterocycles. The predicted octanol–water partition coefficient (Wildman–Crippen LogP) is 4.65. The molecule has 0 amide bonds. The van der Waals surface area contributed by atoms with Gasteiger partial charge in [-0.3, -0.25) is 0 Å². The molecule has 1 nitrogen and oxygen atoms in total. The Labute approximate surface area is 117 Å². The molecule has 19 heavy (non-hydrogen) atoms. The Balaban J connectivity index is 1.81. The van der Waals surface area contributed by atoms with E-state index in [0.717, 1.165) is 18.4 Å². The van der Waals surface area contributed by atoms with Crippen LogP contribution >= 0.6 is 0 Å². The highest BCUT2D eigenvalue weighted by atomic mass is 14.9. The average Bonchev–Trinajstić information content (AvgIpc) is 2.93. The van der Waals surface area contributed by atoms with E-state index < -0.39 is 0 Å². The van der Waals surface area contributed by atoms with Gasteiger partial charge in [-0.15, -0.1) is 0 Å². The van der Waals surface area contributed by atoms with Crippen LogP contribution in [0.15, 0.2) is 24.3 Å². The van der Waals surface area contributed by atoms with Gasteiger partial charge in [0.15, 0.2) is 0 Å². The second kappa shape index (κ2) is 4.94. The lowest BCUT2D eigenvalue weighted by molar-refractivity contribution is 0.412. The summed E-state index contributed by atoms with van der Waals surface area (Å²) < 4.78 is 0. The summed E-state index contributed by atoms with van der Waals surface area (Å²) in [6, 6.07) is 9.95. The molecule has 1 heteroatoms. The van der Waals surface area contributed by atoms with E-state index in [4.69, 9.17) is 0 Å². The van der Waals surface area contributed by atoms with Crippen molar-refractivity contribution in [1.29, 1.82) is 0 Å². The fourth-order valence-corrected chi connectivity index (χ4v) is 3.54. The van der Waals surface area contributed by atoms with Crippen LogP contribution in [0.1, 0.15) is 69.5 Å². The van der Waals surface area contributed by atoms with Gasteiger partial charge in [0, 0.05) is 6.04 Å². The van der Waals surface area contributed by atoms with Gasteiger partial charge in [0.05, 0.1) is 0 Å². The Hall–Kier alpha value is -0.820. The van der Waals surface area contributed by atoms with Gasteiger partial charge < -0.3 is 5.32 Å². The maximum atomic E-state index is 3.72. The molecular formula is C18H27N. The molecule has 3 rings (SSSR count).